The Morgan fingerprint density at radius 1 is 1.19 bits per heavy atom. The summed E-state index contributed by atoms with van der Waals surface area (Å²) in [5.41, 5.74) is 2.50. The molecular weight excluding hydrogens is 378 g/mol. The van der Waals surface area contributed by atoms with Crippen LogP contribution in [0.1, 0.15) is 23.5 Å². The van der Waals surface area contributed by atoms with Crippen LogP contribution < -0.4 is 4.31 Å². The summed E-state index contributed by atoms with van der Waals surface area (Å²) in [5, 5.41) is 3.20. The minimum atomic E-state index is -3.43. The number of hydrogen-bond acceptors (Lipinski definition) is 6. The van der Waals surface area contributed by atoms with Crippen molar-refractivity contribution < 1.29 is 21.7 Å². The first-order chi connectivity index (χ1) is 12.9. The van der Waals surface area contributed by atoms with E-state index < -0.39 is 22.3 Å². The number of nitrogens with zero attached hydrogens (tertiary/aromatic N) is 4. The van der Waals surface area contributed by atoms with E-state index in [4.69, 9.17) is 4.52 Å². The van der Waals surface area contributed by atoms with E-state index in [1.54, 1.807) is 24.3 Å². The van der Waals surface area contributed by atoms with E-state index in [9.17, 15) is 17.2 Å². The Bertz CT molecular complexity index is 1070. The lowest BCUT2D eigenvalue weighted by atomic mass is 10.1. The SMILES string of the molecule is O=S1(=O)CCc2ccccc2N1Cc1ccc(-c2nc(C(F)F)no2)cn1. The molecule has 27 heavy (non-hydrogen) atoms. The number of fused-ring (bicyclic) bond motifs is 1. The van der Waals surface area contributed by atoms with Crippen molar-refractivity contribution in [1.29, 1.82) is 0 Å². The summed E-state index contributed by atoms with van der Waals surface area (Å²) in [6, 6.07) is 10.5. The molecule has 1 aromatic carbocycles. The molecule has 7 nitrogen and oxygen atoms in total. The summed E-state index contributed by atoms with van der Waals surface area (Å²) in [6.07, 6.45) is -0.954. The van der Waals surface area contributed by atoms with Crippen LogP contribution in [0.4, 0.5) is 14.5 Å². The number of benzene rings is 1. The standard InChI is InChI=1S/C17H14F2N4O3S/c18-15(19)16-21-17(26-22-16)12-5-6-13(20-9-12)10-23-14-4-2-1-3-11(14)7-8-27(23,24)25/h1-6,9,15H,7-8,10H2. The van der Waals surface area contributed by atoms with Gasteiger partial charge in [-0.3, -0.25) is 9.29 Å². The van der Waals surface area contributed by atoms with Gasteiger partial charge in [0, 0.05) is 6.20 Å². The number of hydrogen-bond donors (Lipinski definition) is 0. The Morgan fingerprint density at radius 3 is 2.70 bits per heavy atom. The van der Waals surface area contributed by atoms with Crippen molar-refractivity contribution in [2.45, 2.75) is 19.4 Å². The third-order valence-electron chi connectivity index (χ3n) is 4.24. The van der Waals surface area contributed by atoms with E-state index >= 15 is 0 Å². The van der Waals surface area contributed by atoms with E-state index in [2.05, 4.69) is 15.1 Å². The number of aryl methyl sites for hydroxylation is 1. The van der Waals surface area contributed by atoms with Gasteiger partial charge in [0.25, 0.3) is 5.89 Å². The van der Waals surface area contributed by atoms with E-state index in [1.165, 1.54) is 10.5 Å². The van der Waals surface area contributed by atoms with E-state index in [1.807, 2.05) is 12.1 Å². The minimum Gasteiger partial charge on any atom is -0.334 e. The van der Waals surface area contributed by atoms with E-state index in [-0.39, 0.29) is 18.2 Å². The molecule has 1 aliphatic heterocycles. The number of alkyl halides is 2. The molecular formula is C17H14F2N4O3S. The Labute approximate surface area is 153 Å². The molecule has 1 aliphatic rings. The number of pyridine rings is 1. The molecule has 0 saturated heterocycles. The van der Waals surface area contributed by atoms with Gasteiger partial charge < -0.3 is 4.52 Å². The topological polar surface area (TPSA) is 89.2 Å². The molecule has 0 fully saturated rings. The van der Waals surface area contributed by atoms with Gasteiger partial charge in [-0.2, -0.15) is 4.98 Å². The Kier molecular flexibility index (Phi) is 4.34. The minimum absolute atomic E-state index is 0.0421. The van der Waals surface area contributed by atoms with Gasteiger partial charge in [-0.05, 0) is 30.2 Å². The van der Waals surface area contributed by atoms with Gasteiger partial charge in [-0.25, -0.2) is 17.2 Å². The highest BCUT2D eigenvalue weighted by Crippen LogP contribution is 2.30. The van der Waals surface area contributed by atoms with Crippen LogP contribution in [0.5, 0.6) is 0 Å². The van der Waals surface area contributed by atoms with Crippen molar-refractivity contribution in [3.63, 3.8) is 0 Å². The van der Waals surface area contributed by atoms with Crippen molar-refractivity contribution in [1.82, 2.24) is 15.1 Å². The normalized spacial score (nSPS) is 15.7. The number of halogens is 2. The van der Waals surface area contributed by atoms with Gasteiger partial charge in [-0.15, -0.1) is 0 Å². The molecule has 0 amide bonds. The largest absolute Gasteiger partial charge is 0.334 e. The summed E-state index contributed by atoms with van der Waals surface area (Å²) in [6.45, 7) is 0.0751. The zero-order valence-electron chi connectivity index (χ0n) is 13.9. The lowest BCUT2D eigenvalue weighted by molar-refractivity contribution is 0.136. The molecule has 0 bridgehead atoms. The van der Waals surface area contributed by atoms with Crippen molar-refractivity contribution in [3.05, 3.63) is 59.7 Å². The van der Waals surface area contributed by atoms with Crippen LogP contribution in [0.15, 0.2) is 47.1 Å². The van der Waals surface area contributed by atoms with Gasteiger partial charge in [0.1, 0.15) is 0 Å². The maximum absolute atomic E-state index is 12.6. The number of sulfonamides is 1. The zero-order valence-corrected chi connectivity index (χ0v) is 14.7. The maximum Gasteiger partial charge on any atom is 0.300 e. The highest BCUT2D eigenvalue weighted by Gasteiger charge is 2.29. The van der Waals surface area contributed by atoms with Crippen molar-refractivity contribution in [3.8, 4) is 11.5 Å². The molecule has 0 radical (unpaired) electrons. The van der Waals surface area contributed by atoms with Crippen molar-refractivity contribution in [2.75, 3.05) is 10.1 Å². The van der Waals surface area contributed by atoms with Crippen LogP contribution in [0.2, 0.25) is 0 Å². The first kappa shape index (κ1) is 17.5. The molecule has 4 rings (SSSR count). The molecule has 0 atom stereocenters. The fourth-order valence-electron chi connectivity index (χ4n) is 2.88. The predicted molar refractivity (Wildman–Crippen MR) is 92.6 cm³/mol. The number of rotatable bonds is 4. The van der Waals surface area contributed by atoms with Gasteiger partial charge in [-0.1, -0.05) is 23.4 Å². The first-order valence-electron chi connectivity index (χ1n) is 8.09. The highest BCUT2D eigenvalue weighted by molar-refractivity contribution is 7.92. The Balaban J connectivity index is 1.59. The Hall–Kier alpha value is -2.88. The molecule has 0 unspecified atom stereocenters. The van der Waals surface area contributed by atoms with Gasteiger partial charge >= 0.3 is 6.43 Å². The van der Waals surface area contributed by atoms with Crippen LogP contribution in [0.3, 0.4) is 0 Å². The molecule has 140 valence electrons. The number of anilines is 1. The van der Waals surface area contributed by atoms with Crippen molar-refractivity contribution >= 4 is 15.7 Å². The highest BCUT2D eigenvalue weighted by atomic mass is 32.2. The smallest absolute Gasteiger partial charge is 0.300 e. The van der Waals surface area contributed by atoms with Crippen LogP contribution in [-0.2, 0) is 23.0 Å². The maximum atomic E-state index is 12.6. The van der Waals surface area contributed by atoms with Crippen LogP contribution >= 0.6 is 0 Å². The first-order valence-corrected chi connectivity index (χ1v) is 9.70. The lowest BCUT2D eigenvalue weighted by Gasteiger charge is -2.30. The quantitative estimate of drug-likeness (QED) is 0.678. The average Bonchev–Trinajstić information content (AvgIpc) is 3.15. The summed E-state index contributed by atoms with van der Waals surface area (Å²) in [7, 11) is -3.43. The molecule has 0 saturated carbocycles. The lowest BCUT2D eigenvalue weighted by Crippen LogP contribution is -2.37. The van der Waals surface area contributed by atoms with Gasteiger partial charge in [0.05, 0.1) is 29.2 Å². The molecule has 3 aromatic rings. The van der Waals surface area contributed by atoms with Crippen LogP contribution in [0.25, 0.3) is 11.5 Å². The third-order valence-corrected chi connectivity index (χ3v) is 5.96. The molecule has 0 spiro atoms. The fraction of sp³-hybridized carbons (Fsp3) is 0.235. The monoisotopic (exact) mass is 392 g/mol. The second-order valence-corrected chi connectivity index (χ2v) is 8.01. The number of para-hydroxylation sites is 1. The summed E-state index contributed by atoms with van der Waals surface area (Å²) in [4.78, 5) is 7.82. The van der Waals surface area contributed by atoms with Crippen LogP contribution in [-0.4, -0.2) is 29.3 Å². The third kappa shape index (κ3) is 3.39. The zero-order chi connectivity index (χ0) is 19.0. The second kappa shape index (κ2) is 6.69. The van der Waals surface area contributed by atoms with E-state index in [0.717, 1.165) is 5.56 Å². The van der Waals surface area contributed by atoms with Gasteiger partial charge in [0.2, 0.25) is 15.8 Å². The summed E-state index contributed by atoms with van der Waals surface area (Å²) < 4.78 is 56.2. The second-order valence-electron chi connectivity index (χ2n) is 6.00. The summed E-state index contributed by atoms with van der Waals surface area (Å²) in [5.74, 6) is -0.717. The predicted octanol–water partition coefficient (Wildman–Crippen LogP) is 2.96. The molecule has 3 heterocycles. The molecule has 0 N–H and O–H groups in total. The van der Waals surface area contributed by atoms with E-state index in [0.29, 0.717) is 23.4 Å². The summed E-state index contributed by atoms with van der Waals surface area (Å²) >= 11 is 0. The molecule has 0 aliphatic carbocycles. The molecule has 2 aromatic heterocycles. The Morgan fingerprint density at radius 2 is 2.00 bits per heavy atom. The average molecular weight is 392 g/mol. The molecule has 10 heteroatoms. The van der Waals surface area contributed by atoms with Gasteiger partial charge in [0.15, 0.2) is 0 Å². The van der Waals surface area contributed by atoms with Crippen LogP contribution in [0, 0.1) is 0 Å². The van der Waals surface area contributed by atoms with Crippen molar-refractivity contribution in [2.24, 2.45) is 0 Å². The fourth-order valence-corrected chi connectivity index (χ4v) is 4.39. The number of aromatic nitrogens is 3.